The first-order valence-electron chi connectivity index (χ1n) is 9.24. The molecule has 0 aliphatic carbocycles. The molecule has 10 heteroatoms. The van der Waals surface area contributed by atoms with Crippen molar-refractivity contribution in [3.8, 4) is 5.75 Å². The molecule has 0 N–H and O–H groups in total. The SMILES string of the molecule is O=C(c1ccc(F)cc1Cl)N1CC2CCC(C1)N2c1cc(S)ccc1OC(F)(F)F. The number of rotatable bonds is 3. The number of alkyl halides is 3. The zero-order valence-corrected chi connectivity index (χ0v) is 17.1. The van der Waals surface area contributed by atoms with E-state index in [0.29, 0.717) is 36.5 Å². The number of piperazine rings is 1. The van der Waals surface area contributed by atoms with Gasteiger partial charge >= 0.3 is 6.36 Å². The third kappa shape index (κ3) is 4.18. The normalized spacial score (nSPS) is 21.1. The molecule has 2 fully saturated rings. The highest BCUT2D eigenvalue weighted by molar-refractivity contribution is 7.80. The first-order chi connectivity index (χ1) is 14.1. The largest absolute Gasteiger partial charge is 0.573 e. The second-order valence-electron chi connectivity index (χ2n) is 7.33. The van der Waals surface area contributed by atoms with Crippen LogP contribution in [0.3, 0.4) is 0 Å². The lowest BCUT2D eigenvalue weighted by Crippen LogP contribution is -2.55. The Morgan fingerprint density at radius 1 is 1.10 bits per heavy atom. The van der Waals surface area contributed by atoms with Crippen molar-refractivity contribution in [2.75, 3.05) is 18.0 Å². The van der Waals surface area contributed by atoms with Crippen LogP contribution >= 0.6 is 24.2 Å². The van der Waals surface area contributed by atoms with Crippen LogP contribution in [0, 0.1) is 5.82 Å². The van der Waals surface area contributed by atoms with Gasteiger partial charge in [0.25, 0.3) is 5.91 Å². The molecule has 2 unspecified atom stereocenters. The summed E-state index contributed by atoms with van der Waals surface area (Å²) in [4.78, 5) is 16.9. The Morgan fingerprint density at radius 2 is 1.77 bits per heavy atom. The summed E-state index contributed by atoms with van der Waals surface area (Å²) in [5.41, 5.74) is 0.503. The first-order valence-corrected chi connectivity index (χ1v) is 10.1. The lowest BCUT2D eigenvalue weighted by Gasteiger charge is -2.43. The molecule has 2 saturated heterocycles. The zero-order valence-electron chi connectivity index (χ0n) is 15.5. The van der Waals surface area contributed by atoms with E-state index in [1.165, 1.54) is 24.3 Å². The maximum atomic E-state index is 13.3. The number of anilines is 1. The summed E-state index contributed by atoms with van der Waals surface area (Å²) in [6.07, 6.45) is -3.38. The van der Waals surface area contributed by atoms with Gasteiger partial charge < -0.3 is 14.5 Å². The Hall–Kier alpha value is -2.13. The summed E-state index contributed by atoms with van der Waals surface area (Å²) in [6, 6.07) is 7.46. The number of benzene rings is 2. The number of hydrogen-bond acceptors (Lipinski definition) is 4. The van der Waals surface area contributed by atoms with Crippen molar-refractivity contribution in [3.63, 3.8) is 0 Å². The van der Waals surface area contributed by atoms with Crippen LogP contribution in [0.4, 0.5) is 23.2 Å². The maximum absolute atomic E-state index is 13.3. The minimum atomic E-state index is -4.82. The standard InChI is InChI=1S/C20H17ClF4N2O2S/c21-16-7-11(22)1-5-15(16)19(28)26-9-12-2-3-13(10-26)27(12)17-8-14(30)4-6-18(17)29-20(23,24)25/h1,4-8,12-13,30H,2-3,9-10H2. The molecule has 2 aliphatic heterocycles. The van der Waals surface area contributed by atoms with Gasteiger partial charge in [0.05, 0.1) is 16.3 Å². The molecule has 0 radical (unpaired) electrons. The average molecular weight is 461 g/mol. The van der Waals surface area contributed by atoms with E-state index < -0.39 is 12.2 Å². The minimum Gasteiger partial charge on any atom is -0.404 e. The van der Waals surface area contributed by atoms with E-state index in [2.05, 4.69) is 17.4 Å². The molecule has 0 spiro atoms. The number of amides is 1. The summed E-state index contributed by atoms with van der Waals surface area (Å²) < 4.78 is 56.1. The van der Waals surface area contributed by atoms with Crippen molar-refractivity contribution < 1.29 is 27.1 Å². The number of nitrogens with zero attached hydrogens (tertiary/aromatic N) is 2. The van der Waals surface area contributed by atoms with E-state index >= 15 is 0 Å². The van der Waals surface area contributed by atoms with Gasteiger partial charge in [0.2, 0.25) is 0 Å². The van der Waals surface area contributed by atoms with Crippen LogP contribution in [0.5, 0.6) is 5.75 Å². The molecule has 4 rings (SSSR count). The van der Waals surface area contributed by atoms with Crippen molar-refractivity contribution in [2.45, 2.75) is 36.2 Å². The van der Waals surface area contributed by atoms with Crippen LogP contribution in [0.15, 0.2) is 41.3 Å². The number of ether oxygens (including phenoxy) is 1. The first kappa shape index (κ1) is 21.1. The topological polar surface area (TPSA) is 32.8 Å². The Kier molecular flexibility index (Phi) is 5.52. The van der Waals surface area contributed by atoms with Crippen LogP contribution in [-0.2, 0) is 0 Å². The third-order valence-electron chi connectivity index (χ3n) is 5.38. The highest BCUT2D eigenvalue weighted by atomic mass is 35.5. The Labute approximate surface area is 180 Å². The highest BCUT2D eigenvalue weighted by Gasteiger charge is 2.43. The van der Waals surface area contributed by atoms with Crippen LogP contribution < -0.4 is 9.64 Å². The van der Waals surface area contributed by atoms with Crippen molar-refractivity contribution >= 4 is 35.8 Å². The van der Waals surface area contributed by atoms with Gasteiger partial charge in [-0.3, -0.25) is 4.79 Å². The number of fused-ring (bicyclic) bond motifs is 2. The Balaban J connectivity index is 1.60. The van der Waals surface area contributed by atoms with Gasteiger partial charge in [0, 0.05) is 30.1 Å². The number of thiol groups is 1. The van der Waals surface area contributed by atoms with Gasteiger partial charge in [-0.25, -0.2) is 4.39 Å². The number of halogens is 5. The van der Waals surface area contributed by atoms with Gasteiger partial charge in [-0.15, -0.1) is 25.8 Å². The minimum absolute atomic E-state index is 0.0263. The summed E-state index contributed by atoms with van der Waals surface area (Å²) >= 11 is 10.3. The number of carbonyl (C=O) groups is 1. The van der Waals surface area contributed by atoms with Gasteiger partial charge in [-0.05, 0) is 49.2 Å². The van der Waals surface area contributed by atoms with E-state index in [4.69, 9.17) is 11.6 Å². The predicted octanol–water partition coefficient (Wildman–Crippen LogP) is 5.16. The molecule has 2 aromatic rings. The van der Waals surface area contributed by atoms with Crippen molar-refractivity contribution in [1.29, 1.82) is 0 Å². The zero-order chi connectivity index (χ0) is 21.6. The van der Waals surface area contributed by atoms with Crippen molar-refractivity contribution in [2.24, 2.45) is 0 Å². The van der Waals surface area contributed by atoms with Gasteiger partial charge in [0.1, 0.15) is 5.82 Å². The van der Waals surface area contributed by atoms with Gasteiger partial charge in [-0.2, -0.15) is 0 Å². The quantitative estimate of drug-likeness (QED) is 0.507. The third-order valence-corrected chi connectivity index (χ3v) is 5.97. The molecular weight excluding hydrogens is 444 g/mol. The van der Waals surface area contributed by atoms with Crippen molar-refractivity contribution in [3.05, 3.63) is 52.8 Å². The maximum Gasteiger partial charge on any atom is 0.573 e. The molecular formula is C20H17ClF4N2O2S. The second kappa shape index (κ2) is 7.85. The average Bonchev–Trinajstić information content (AvgIpc) is 2.90. The molecule has 160 valence electrons. The molecule has 30 heavy (non-hydrogen) atoms. The molecule has 2 atom stereocenters. The predicted molar refractivity (Wildman–Crippen MR) is 107 cm³/mol. The summed E-state index contributed by atoms with van der Waals surface area (Å²) in [5.74, 6) is -1.16. The van der Waals surface area contributed by atoms with Crippen LogP contribution in [-0.4, -0.2) is 42.3 Å². The molecule has 2 aromatic carbocycles. The van der Waals surface area contributed by atoms with Crippen molar-refractivity contribution in [1.82, 2.24) is 4.90 Å². The summed E-state index contributed by atoms with van der Waals surface area (Å²) in [5, 5.41) is 0.0263. The summed E-state index contributed by atoms with van der Waals surface area (Å²) in [6.45, 7) is 0.622. The smallest absolute Gasteiger partial charge is 0.404 e. The molecule has 1 amide bonds. The fraction of sp³-hybridized carbons (Fsp3) is 0.350. The molecule has 0 saturated carbocycles. The van der Waals surface area contributed by atoms with E-state index in [-0.39, 0.29) is 34.3 Å². The molecule has 0 aromatic heterocycles. The number of hydrogen-bond donors (Lipinski definition) is 1. The Morgan fingerprint density at radius 3 is 2.37 bits per heavy atom. The Bertz CT molecular complexity index is 974. The fourth-order valence-corrected chi connectivity index (χ4v) is 4.66. The number of likely N-dealkylation sites (tertiary alicyclic amines) is 1. The summed E-state index contributed by atoms with van der Waals surface area (Å²) in [7, 11) is 0. The number of carbonyl (C=O) groups excluding carboxylic acids is 1. The molecule has 4 nitrogen and oxygen atoms in total. The van der Waals surface area contributed by atoms with E-state index in [1.54, 1.807) is 11.0 Å². The molecule has 2 aliphatic rings. The van der Waals surface area contributed by atoms with Crippen LogP contribution in [0.1, 0.15) is 23.2 Å². The fourth-order valence-electron chi connectivity index (χ4n) is 4.21. The van der Waals surface area contributed by atoms with Crippen LogP contribution in [0.25, 0.3) is 0 Å². The van der Waals surface area contributed by atoms with Crippen LogP contribution in [0.2, 0.25) is 5.02 Å². The van der Waals surface area contributed by atoms with Gasteiger partial charge in [0.15, 0.2) is 5.75 Å². The highest BCUT2D eigenvalue weighted by Crippen LogP contribution is 2.42. The molecule has 2 heterocycles. The van der Waals surface area contributed by atoms with Gasteiger partial charge in [-0.1, -0.05) is 11.6 Å². The molecule has 2 bridgehead atoms. The second-order valence-corrected chi connectivity index (χ2v) is 8.25. The van der Waals surface area contributed by atoms with E-state index in [0.717, 1.165) is 6.07 Å². The van der Waals surface area contributed by atoms with E-state index in [9.17, 15) is 22.4 Å². The monoisotopic (exact) mass is 460 g/mol. The van der Waals surface area contributed by atoms with E-state index in [1.807, 2.05) is 4.90 Å². The lowest BCUT2D eigenvalue weighted by atomic mass is 10.1. The lowest BCUT2D eigenvalue weighted by molar-refractivity contribution is -0.274.